The molecule has 0 unspecified atom stereocenters. The van der Waals surface area contributed by atoms with Gasteiger partial charge in [0.05, 0.1) is 0 Å². The molecule has 4 heteroatoms. The quantitative estimate of drug-likeness (QED) is 0.0432. The van der Waals surface area contributed by atoms with E-state index >= 15 is 0 Å². The van der Waals surface area contributed by atoms with Crippen LogP contribution in [-0.4, -0.2) is 17.0 Å². The molecule has 2 N–H and O–H groups in total. The first kappa shape index (κ1) is 34.7. The fraction of sp³-hybridized carbons (Fsp3) is 0.968. The van der Waals surface area contributed by atoms with Crippen LogP contribution < -0.4 is 5.48 Å². The highest BCUT2D eigenvalue weighted by molar-refractivity contribution is 6.17. The zero-order valence-electron chi connectivity index (χ0n) is 23.4. The van der Waals surface area contributed by atoms with Crippen molar-refractivity contribution in [3.8, 4) is 0 Å². The van der Waals surface area contributed by atoms with Crippen molar-refractivity contribution in [2.24, 2.45) is 0 Å². The molecule has 1 amide bonds. The largest absolute Gasteiger partial charge is 0.289 e. The summed E-state index contributed by atoms with van der Waals surface area (Å²) >= 11 is 5.71. The Morgan fingerprint density at radius 3 is 0.800 bits per heavy atom. The Balaban J connectivity index is 3.02. The van der Waals surface area contributed by atoms with Crippen molar-refractivity contribution in [2.45, 2.75) is 186 Å². The van der Waals surface area contributed by atoms with E-state index in [0.29, 0.717) is 6.42 Å². The Labute approximate surface area is 224 Å². The lowest BCUT2D eigenvalue weighted by Gasteiger charge is -2.04. The first-order chi connectivity index (χ1) is 17.3. The molecule has 0 saturated heterocycles. The summed E-state index contributed by atoms with van der Waals surface area (Å²) in [6.45, 7) is 0. The zero-order chi connectivity index (χ0) is 25.5. The monoisotopic (exact) mass is 515 g/mol. The van der Waals surface area contributed by atoms with Gasteiger partial charge in [-0.2, -0.15) is 0 Å². The van der Waals surface area contributed by atoms with E-state index in [4.69, 9.17) is 16.8 Å². The Hall–Kier alpha value is -0.280. The number of halogens is 1. The summed E-state index contributed by atoms with van der Waals surface area (Å²) in [6, 6.07) is 0. The van der Waals surface area contributed by atoms with E-state index < -0.39 is 0 Å². The zero-order valence-corrected chi connectivity index (χ0v) is 24.2. The summed E-state index contributed by atoms with van der Waals surface area (Å²) in [5.74, 6) is 0.580. The van der Waals surface area contributed by atoms with Gasteiger partial charge in [-0.1, -0.05) is 167 Å². The van der Waals surface area contributed by atoms with E-state index in [2.05, 4.69) is 0 Å². The molecule has 35 heavy (non-hydrogen) atoms. The van der Waals surface area contributed by atoms with Gasteiger partial charge in [0.15, 0.2) is 0 Å². The predicted molar refractivity (Wildman–Crippen MR) is 155 cm³/mol. The Kier molecular flexibility index (Phi) is 31.5. The van der Waals surface area contributed by atoms with Gasteiger partial charge in [0.1, 0.15) is 0 Å². The molecule has 0 aliphatic rings. The minimum atomic E-state index is -0.257. The number of carbonyl (C=O) groups is 1. The summed E-state index contributed by atoms with van der Waals surface area (Å²) in [5.41, 5.74) is 1.70. The second-order valence-corrected chi connectivity index (χ2v) is 11.3. The van der Waals surface area contributed by atoms with E-state index in [1.807, 2.05) is 0 Å². The number of alkyl halides is 1. The van der Waals surface area contributed by atoms with Gasteiger partial charge in [-0.25, -0.2) is 5.48 Å². The Morgan fingerprint density at radius 1 is 0.400 bits per heavy atom. The van der Waals surface area contributed by atoms with Gasteiger partial charge >= 0.3 is 0 Å². The SMILES string of the molecule is O=C(CCCCCCCCCCCCCCCCCCCCCCCCCCCCCCCl)NO. The molecule has 0 atom stereocenters. The summed E-state index contributed by atoms with van der Waals surface area (Å²) in [6.07, 6.45) is 39.0. The topological polar surface area (TPSA) is 49.3 Å². The first-order valence-corrected chi connectivity index (χ1v) is 16.3. The van der Waals surface area contributed by atoms with Crippen LogP contribution in [-0.2, 0) is 4.79 Å². The highest BCUT2D eigenvalue weighted by Gasteiger charge is 1.99. The first-order valence-electron chi connectivity index (χ1n) is 15.8. The molecule has 0 aliphatic carbocycles. The molecule has 0 aromatic heterocycles. The second kappa shape index (κ2) is 31.7. The molecule has 210 valence electrons. The van der Waals surface area contributed by atoms with E-state index in [1.54, 1.807) is 5.48 Å². The minimum absolute atomic E-state index is 0.257. The van der Waals surface area contributed by atoms with Crippen molar-refractivity contribution in [3.05, 3.63) is 0 Å². The van der Waals surface area contributed by atoms with Crippen molar-refractivity contribution in [1.82, 2.24) is 5.48 Å². The molecule has 0 fully saturated rings. The van der Waals surface area contributed by atoms with E-state index in [-0.39, 0.29) is 5.91 Å². The van der Waals surface area contributed by atoms with Crippen LogP contribution in [0, 0.1) is 0 Å². The van der Waals surface area contributed by atoms with Crippen molar-refractivity contribution in [1.29, 1.82) is 0 Å². The van der Waals surface area contributed by atoms with Gasteiger partial charge in [0.25, 0.3) is 0 Å². The summed E-state index contributed by atoms with van der Waals surface area (Å²) in [4.78, 5) is 10.9. The third-order valence-corrected chi connectivity index (χ3v) is 7.68. The van der Waals surface area contributed by atoms with Gasteiger partial charge in [0, 0.05) is 12.3 Å². The number of amides is 1. The number of rotatable bonds is 30. The molecule has 0 bridgehead atoms. The number of hydroxylamine groups is 1. The van der Waals surface area contributed by atoms with Crippen LogP contribution in [0.25, 0.3) is 0 Å². The maximum Gasteiger partial charge on any atom is 0.243 e. The van der Waals surface area contributed by atoms with Crippen LogP contribution in [0.5, 0.6) is 0 Å². The average molecular weight is 516 g/mol. The van der Waals surface area contributed by atoms with Gasteiger partial charge in [-0.15, -0.1) is 11.6 Å². The molecule has 0 saturated carbocycles. The highest BCUT2D eigenvalue weighted by atomic mass is 35.5. The van der Waals surface area contributed by atoms with E-state index in [1.165, 1.54) is 167 Å². The average Bonchev–Trinajstić information content (AvgIpc) is 2.87. The molecular weight excluding hydrogens is 454 g/mol. The molecule has 0 radical (unpaired) electrons. The van der Waals surface area contributed by atoms with Gasteiger partial charge in [-0.05, 0) is 12.8 Å². The normalized spacial score (nSPS) is 11.3. The standard InChI is InChI=1S/C31H62ClNO2/c32-30-28-26-24-22-20-18-16-14-12-10-8-6-4-2-1-3-5-7-9-11-13-15-17-19-21-23-25-27-29-31(34)33-35/h35H,1-30H2,(H,33,34). The van der Waals surface area contributed by atoms with Crippen LogP contribution in [0.4, 0.5) is 0 Å². The van der Waals surface area contributed by atoms with Crippen LogP contribution in [0.1, 0.15) is 186 Å². The van der Waals surface area contributed by atoms with E-state index in [9.17, 15) is 4.79 Å². The van der Waals surface area contributed by atoms with Gasteiger partial charge in [0.2, 0.25) is 5.91 Å². The molecule has 0 aliphatic heterocycles. The lowest BCUT2D eigenvalue weighted by molar-refractivity contribution is -0.129. The maximum absolute atomic E-state index is 10.9. The number of carbonyl (C=O) groups excluding carboxylic acids is 1. The lowest BCUT2D eigenvalue weighted by atomic mass is 10.0. The fourth-order valence-electron chi connectivity index (χ4n) is 5.03. The lowest BCUT2D eigenvalue weighted by Crippen LogP contribution is -2.17. The Bertz CT molecular complexity index is 405. The van der Waals surface area contributed by atoms with Crippen LogP contribution in [0.3, 0.4) is 0 Å². The van der Waals surface area contributed by atoms with Crippen molar-refractivity contribution in [3.63, 3.8) is 0 Å². The van der Waals surface area contributed by atoms with Crippen LogP contribution in [0.15, 0.2) is 0 Å². The molecule has 0 aromatic rings. The predicted octanol–water partition coefficient (Wildman–Crippen LogP) is 11.0. The van der Waals surface area contributed by atoms with Gasteiger partial charge < -0.3 is 0 Å². The number of hydrogen-bond donors (Lipinski definition) is 2. The fourth-order valence-corrected chi connectivity index (χ4v) is 5.22. The molecule has 0 spiro atoms. The maximum atomic E-state index is 10.9. The third-order valence-electron chi connectivity index (χ3n) is 7.41. The van der Waals surface area contributed by atoms with Crippen molar-refractivity contribution in [2.75, 3.05) is 5.88 Å². The number of unbranched alkanes of at least 4 members (excludes halogenated alkanes) is 27. The summed E-state index contributed by atoms with van der Waals surface area (Å²) < 4.78 is 0. The summed E-state index contributed by atoms with van der Waals surface area (Å²) in [7, 11) is 0. The molecule has 0 aromatic carbocycles. The number of nitrogens with one attached hydrogen (secondary N) is 1. The van der Waals surface area contributed by atoms with Crippen molar-refractivity contribution < 1.29 is 10.0 Å². The Morgan fingerprint density at radius 2 is 0.600 bits per heavy atom. The molecule has 0 heterocycles. The molecule has 3 nitrogen and oxygen atoms in total. The van der Waals surface area contributed by atoms with E-state index in [0.717, 1.165) is 18.7 Å². The molecule has 0 rings (SSSR count). The van der Waals surface area contributed by atoms with Crippen LogP contribution >= 0.6 is 11.6 Å². The van der Waals surface area contributed by atoms with Crippen LogP contribution in [0.2, 0.25) is 0 Å². The van der Waals surface area contributed by atoms with Gasteiger partial charge in [-0.3, -0.25) is 10.0 Å². The third kappa shape index (κ3) is 31.7. The number of hydrogen-bond acceptors (Lipinski definition) is 2. The summed E-state index contributed by atoms with van der Waals surface area (Å²) in [5, 5.41) is 8.44. The second-order valence-electron chi connectivity index (χ2n) is 10.9. The minimum Gasteiger partial charge on any atom is -0.289 e. The smallest absolute Gasteiger partial charge is 0.243 e. The highest BCUT2D eigenvalue weighted by Crippen LogP contribution is 2.16. The molecular formula is C31H62ClNO2. The van der Waals surface area contributed by atoms with Crippen molar-refractivity contribution >= 4 is 17.5 Å².